The Balaban J connectivity index is 1.62. The van der Waals surface area contributed by atoms with Crippen LogP contribution in [0.2, 0.25) is 5.02 Å². The molecular weight excluding hydrogens is 349 g/mol. The number of nitrogens with zero attached hydrogens (tertiary/aromatic N) is 2. The Morgan fingerprint density at radius 3 is 2.56 bits per heavy atom. The number of primary amides is 1. The van der Waals surface area contributed by atoms with Gasteiger partial charge in [-0.2, -0.15) is 0 Å². The van der Waals surface area contributed by atoms with Crippen molar-refractivity contribution in [1.82, 2.24) is 9.80 Å². The van der Waals surface area contributed by atoms with Gasteiger partial charge in [-0.25, -0.2) is 9.18 Å². The van der Waals surface area contributed by atoms with E-state index in [2.05, 4.69) is 0 Å². The van der Waals surface area contributed by atoms with Gasteiger partial charge in [-0.15, -0.1) is 0 Å². The fraction of sp³-hybridized carbons (Fsp3) is 0.529. The molecule has 6 nitrogen and oxygen atoms in total. The van der Waals surface area contributed by atoms with Crippen molar-refractivity contribution in [3.63, 3.8) is 0 Å². The van der Waals surface area contributed by atoms with E-state index in [0.717, 1.165) is 5.56 Å². The molecule has 2 aliphatic rings. The van der Waals surface area contributed by atoms with E-state index < -0.39 is 11.8 Å². The molecule has 0 aromatic heterocycles. The number of hydrogen-bond acceptors (Lipinski definition) is 3. The molecule has 1 atom stereocenters. The van der Waals surface area contributed by atoms with Gasteiger partial charge in [0.05, 0.1) is 18.2 Å². The first kappa shape index (κ1) is 17.9. The average Bonchev–Trinajstić information content (AvgIpc) is 2.63. The minimum Gasteiger partial charge on any atom is -0.370 e. The van der Waals surface area contributed by atoms with E-state index >= 15 is 0 Å². The minimum absolute atomic E-state index is 0.0448. The van der Waals surface area contributed by atoms with Crippen molar-refractivity contribution in [3.05, 3.63) is 34.6 Å². The number of likely N-dealkylation sites (tertiary alicyclic amines) is 1. The Hall–Kier alpha value is -1.86. The lowest BCUT2D eigenvalue weighted by Gasteiger charge is -2.37. The largest absolute Gasteiger partial charge is 0.370 e. The molecule has 2 fully saturated rings. The van der Waals surface area contributed by atoms with Crippen LogP contribution >= 0.6 is 11.6 Å². The molecule has 1 aromatic carbocycles. The van der Waals surface area contributed by atoms with Gasteiger partial charge in [-0.1, -0.05) is 17.7 Å². The standard InChI is InChI=1S/C17H21ClFN3O3/c18-13-9-12(1-2-14(13)19)15-10-22(7-8-25-15)16(23)11-3-5-21(6-4-11)17(20)24/h1-2,9,11,15H,3-8,10H2,(H2,20,24). The molecule has 0 bridgehead atoms. The van der Waals surface area contributed by atoms with E-state index in [1.165, 1.54) is 6.07 Å². The van der Waals surface area contributed by atoms with Crippen LogP contribution in [-0.2, 0) is 9.53 Å². The van der Waals surface area contributed by atoms with Crippen molar-refractivity contribution in [3.8, 4) is 0 Å². The van der Waals surface area contributed by atoms with Crippen LogP contribution in [-0.4, -0.2) is 54.5 Å². The van der Waals surface area contributed by atoms with Gasteiger partial charge in [0.15, 0.2) is 0 Å². The zero-order chi connectivity index (χ0) is 18.0. The summed E-state index contributed by atoms with van der Waals surface area (Å²) in [6, 6.07) is 4.04. The number of rotatable bonds is 2. The predicted molar refractivity (Wildman–Crippen MR) is 90.6 cm³/mol. The van der Waals surface area contributed by atoms with Gasteiger partial charge in [0.25, 0.3) is 0 Å². The van der Waals surface area contributed by atoms with Crippen LogP contribution in [0.1, 0.15) is 24.5 Å². The maximum absolute atomic E-state index is 13.3. The van der Waals surface area contributed by atoms with Crippen LogP contribution in [0.15, 0.2) is 18.2 Å². The highest BCUT2D eigenvalue weighted by molar-refractivity contribution is 6.30. The number of urea groups is 1. The summed E-state index contributed by atoms with van der Waals surface area (Å²) >= 11 is 5.84. The van der Waals surface area contributed by atoms with Gasteiger partial charge >= 0.3 is 6.03 Å². The predicted octanol–water partition coefficient (Wildman–Crippen LogP) is 2.17. The van der Waals surface area contributed by atoms with Gasteiger partial charge in [-0.3, -0.25) is 4.79 Å². The number of amides is 3. The molecule has 2 N–H and O–H groups in total. The molecule has 0 radical (unpaired) electrons. The molecule has 1 unspecified atom stereocenters. The van der Waals surface area contributed by atoms with Gasteiger partial charge in [0.1, 0.15) is 11.9 Å². The molecule has 0 aliphatic carbocycles. The fourth-order valence-electron chi connectivity index (χ4n) is 3.37. The third-order valence-electron chi connectivity index (χ3n) is 4.85. The van der Waals surface area contributed by atoms with Crippen LogP contribution in [0.25, 0.3) is 0 Å². The van der Waals surface area contributed by atoms with Crippen molar-refractivity contribution in [2.24, 2.45) is 11.7 Å². The van der Waals surface area contributed by atoms with Crippen LogP contribution in [0.5, 0.6) is 0 Å². The first-order valence-corrected chi connectivity index (χ1v) is 8.73. The highest BCUT2D eigenvalue weighted by Crippen LogP contribution is 2.28. The lowest BCUT2D eigenvalue weighted by molar-refractivity contribution is -0.144. The van der Waals surface area contributed by atoms with Crippen LogP contribution < -0.4 is 5.73 Å². The lowest BCUT2D eigenvalue weighted by Crippen LogP contribution is -2.49. The summed E-state index contributed by atoms with van der Waals surface area (Å²) in [6.07, 6.45) is 0.916. The summed E-state index contributed by atoms with van der Waals surface area (Å²) in [5, 5.41) is 0.0448. The first-order valence-electron chi connectivity index (χ1n) is 8.35. The second kappa shape index (κ2) is 7.58. The molecular formula is C17H21ClFN3O3. The third-order valence-corrected chi connectivity index (χ3v) is 5.14. The fourth-order valence-corrected chi connectivity index (χ4v) is 3.56. The maximum atomic E-state index is 13.3. The third kappa shape index (κ3) is 4.04. The number of morpholine rings is 1. The number of piperidine rings is 1. The van der Waals surface area contributed by atoms with Gasteiger partial charge in [-0.05, 0) is 30.5 Å². The maximum Gasteiger partial charge on any atom is 0.314 e. The zero-order valence-corrected chi connectivity index (χ0v) is 14.5. The van der Waals surface area contributed by atoms with Crippen molar-refractivity contribution >= 4 is 23.5 Å². The molecule has 3 amide bonds. The van der Waals surface area contributed by atoms with Gasteiger partial charge < -0.3 is 20.3 Å². The monoisotopic (exact) mass is 369 g/mol. The summed E-state index contributed by atoms with van der Waals surface area (Å²) in [7, 11) is 0. The Kier molecular flexibility index (Phi) is 5.44. The van der Waals surface area contributed by atoms with E-state index in [1.807, 2.05) is 0 Å². The van der Waals surface area contributed by atoms with Crippen LogP contribution in [0.4, 0.5) is 9.18 Å². The molecule has 2 aliphatic heterocycles. The van der Waals surface area contributed by atoms with E-state index in [4.69, 9.17) is 22.1 Å². The molecule has 136 valence electrons. The molecule has 2 heterocycles. The smallest absolute Gasteiger partial charge is 0.314 e. The summed E-state index contributed by atoms with van der Waals surface area (Å²) in [6.45, 7) is 2.38. The lowest BCUT2D eigenvalue weighted by atomic mass is 9.95. The Morgan fingerprint density at radius 2 is 1.92 bits per heavy atom. The number of ether oxygens (including phenoxy) is 1. The molecule has 3 rings (SSSR count). The SMILES string of the molecule is NC(=O)N1CCC(C(=O)N2CCOC(c3ccc(F)c(Cl)c3)C2)CC1. The molecule has 1 aromatic rings. The molecule has 0 saturated carbocycles. The van der Waals surface area contributed by atoms with Crippen molar-refractivity contribution in [2.75, 3.05) is 32.8 Å². The van der Waals surface area contributed by atoms with E-state index in [1.54, 1.807) is 21.9 Å². The van der Waals surface area contributed by atoms with Crippen LogP contribution in [0.3, 0.4) is 0 Å². The number of benzene rings is 1. The molecule has 25 heavy (non-hydrogen) atoms. The Labute approximate surface area is 150 Å². The number of carbonyl (C=O) groups is 2. The quantitative estimate of drug-likeness (QED) is 0.868. The second-order valence-corrected chi connectivity index (χ2v) is 6.82. The normalized spacial score (nSPS) is 22.1. The highest BCUT2D eigenvalue weighted by Gasteiger charge is 2.32. The molecule has 8 heteroatoms. The zero-order valence-electron chi connectivity index (χ0n) is 13.8. The van der Waals surface area contributed by atoms with E-state index in [0.29, 0.717) is 45.6 Å². The van der Waals surface area contributed by atoms with Crippen molar-refractivity contribution in [1.29, 1.82) is 0 Å². The summed E-state index contributed by atoms with van der Waals surface area (Å²) in [5.74, 6) is -0.507. The highest BCUT2D eigenvalue weighted by atomic mass is 35.5. The van der Waals surface area contributed by atoms with E-state index in [-0.39, 0.29) is 23.0 Å². The second-order valence-electron chi connectivity index (χ2n) is 6.42. The number of nitrogens with two attached hydrogens (primary N) is 1. The molecule has 0 spiro atoms. The number of hydrogen-bond donors (Lipinski definition) is 1. The van der Waals surface area contributed by atoms with Gasteiger partial charge in [0.2, 0.25) is 5.91 Å². The molecule has 2 saturated heterocycles. The Bertz CT molecular complexity index is 665. The minimum atomic E-state index is -0.477. The number of halogens is 2. The van der Waals surface area contributed by atoms with Crippen LogP contribution in [0, 0.1) is 11.7 Å². The Morgan fingerprint density at radius 1 is 1.20 bits per heavy atom. The average molecular weight is 370 g/mol. The van der Waals surface area contributed by atoms with E-state index in [9.17, 15) is 14.0 Å². The summed E-state index contributed by atoms with van der Waals surface area (Å²) < 4.78 is 19.1. The van der Waals surface area contributed by atoms with Crippen molar-refractivity contribution in [2.45, 2.75) is 18.9 Å². The summed E-state index contributed by atoms with van der Waals surface area (Å²) in [4.78, 5) is 27.3. The topological polar surface area (TPSA) is 75.9 Å². The van der Waals surface area contributed by atoms with Gasteiger partial charge in [0, 0.05) is 25.6 Å². The summed E-state index contributed by atoms with van der Waals surface area (Å²) in [5.41, 5.74) is 6.03. The first-order chi connectivity index (χ1) is 12.0. The van der Waals surface area contributed by atoms with Crippen molar-refractivity contribution < 1.29 is 18.7 Å². The number of carbonyl (C=O) groups excluding carboxylic acids is 2.